The van der Waals surface area contributed by atoms with Crippen LogP contribution in [-0.2, 0) is 0 Å². The van der Waals surface area contributed by atoms with Crippen LogP contribution in [0.15, 0.2) is 187 Å². The fourth-order valence-corrected chi connectivity index (χ4v) is 10.2. The molecular weight excluding hydrogens is 631 g/mol. The zero-order valence-electron chi connectivity index (χ0n) is 29.3. The lowest BCUT2D eigenvalue weighted by Gasteiger charge is -2.33. The molecule has 0 N–H and O–H groups in total. The number of benzene rings is 4. The minimum atomic E-state index is 0.238. The Kier molecular flexibility index (Phi) is 6.67. The van der Waals surface area contributed by atoms with E-state index in [4.69, 9.17) is 0 Å². The maximum absolute atomic E-state index is 2.63. The molecule has 0 saturated heterocycles. The summed E-state index contributed by atoms with van der Waals surface area (Å²) in [6, 6.07) is 35.4. The first-order valence-corrected chi connectivity index (χ1v) is 19.0. The number of allylic oxidation sites excluding steroid dienone is 8. The maximum atomic E-state index is 2.63. The normalized spacial score (nSPS) is 28.2. The first-order chi connectivity index (χ1) is 25.7. The quantitative estimate of drug-likeness (QED) is 0.214. The Morgan fingerprint density at radius 2 is 1.00 bits per heavy atom. The predicted molar refractivity (Wildman–Crippen MR) is 217 cm³/mol. The monoisotopic (exact) mass is 671 g/mol. The molecule has 7 atom stereocenters. The fourth-order valence-electron chi connectivity index (χ4n) is 10.2. The summed E-state index contributed by atoms with van der Waals surface area (Å²) in [5.74, 6) is 1.63. The van der Waals surface area contributed by atoms with Gasteiger partial charge in [0.2, 0.25) is 0 Å². The Labute approximate surface area is 306 Å². The van der Waals surface area contributed by atoms with Crippen LogP contribution in [0.4, 0.5) is 28.4 Å². The van der Waals surface area contributed by atoms with Gasteiger partial charge >= 0.3 is 0 Å². The number of rotatable bonds is 4. The molecule has 0 radical (unpaired) electrons. The van der Waals surface area contributed by atoms with E-state index in [1.165, 1.54) is 56.4 Å². The molecule has 0 saturated carbocycles. The third kappa shape index (κ3) is 4.38. The predicted octanol–water partition coefficient (Wildman–Crippen LogP) is 11.6. The van der Waals surface area contributed by atoms with Crippen LogP contribution in [0.1, 0.15) is 36.3 Å². The molecular formula is C49H41N3. The molecule has 4 aromatic rings. The second kappa shape index (κ2) is 11.6. The second-order valence-electron chi connectivity index (χ2n) is 15.3. The van der Waals surface area contributed by atoms with Crippen LogP contribution in [0.5, 0.6) is 0 Å². The molecule has 3 nitrogen and oxygen atoms in total. The van der Waals surface area contributed by atoms with Crippen molar-refractivity contribution in [3.63, 3.8) is 0 Å². The van der Waals surface area contributed by atoms with Gasteiger partial charge in [0.1, 0.15) is 0 Å². The van der Waals surface area contributed by atoms with Gasteiger partial charge in [0, 0.05) is 51.9 Å². The Morgan fingerprint density at radius 3 is 1.63 bits per heavy atom. The first-order valence-electron chi connectivity index (χ1n) is 19.0. The van der Waals surface area contributed by atoms with E-state index in [2.05, 4.69) is 198 Å². The van der Waals surface area contributed by atoms with E-state index >= 15 is 0 Å². The topological polar surface area (TPSA) is 9.72 Å². The molecule has 3 heterocycles. The number of hydrogen-bond donors (Lipinski definition) is 0. The Morgan fingerprint density at radius 1 is 0.481 bits per heavy atom. The van der Waals surface area contributed by atoms with Crippen molar-refractivity contribution in [1.82, 2.24) is 0 Å². The summed E-state index contributed by atoms with van der Waals surface area (Å²) < 4.78 is 0. The van der Waals surface area contributed by atoms with Crippen LogP contribution in [-0.4, -0.2) is 18.1 Å². The van der Waals surface area contributed by atoms with Gasteiger partial charge in [0.05, 0.1) is 18.1 Å². The van der Waals surface area contributed by atoms with Crippen molar-refractivity contribution in [1.29, 1.82) is 0 Å². The average Bonchev–Trinajstić information content (AvgIpc) is 3.84. The molecule has 11 rings (SSSR count). The van der Waals surface area contributed by atoms with Gasteiger partial charge in [-0.3, -0.25) is 0 Å². The lowest BCUT2D eigenvalue weighted by molar-refractivity contribution is 0.581. The van der Waals surface area contributed by atoms with Crippen LogP contribution in [0.3, 0.4) is 0 Å². The third-order valence-electron chi connectivity index (χ3n) is 12.5. The molecule has 7 aliphatic rings. The van der Waals surface area contributed by atoms with E-state index in [1.807, 2.05) is 0 Å². The highest BCUT2D eigenvalue weighted by Crippen LogP contribution is 2.52. The Balaban J connectivity index is 1.06. The van der Waals surface area contributed by atoms with E-state index in [9.17, 15) is 0 Å². The Bertz CT molecular complexity index is 2360. The summed E-state index contributed by atoms with van der Waals surface area (Å²) in [5, 5.41) is 0. The van der Waals surface area contributed by atoms with Gasteiger partial charge in [-0.05, 0) is 88.7 Å². The van der Waals surface area contributed by atoms with Gasteiger partial charge in [-0.1, -0.05) is 134 Å². The molecule has 52 heavy (non-hydrogen) atoms. The van der Waals surface area contributed by atoms with E-state index in [-0.39, 0.29) is 18.1 Å². The highest BCUT2D eigenvalue weighted by Gasteiger charge is 2.43. The van der Waals surface area contributed by atoms with Gasteiger partial charge < -0.3 is 14.7 Å². The van der Waals surface area contributed by atoms with Crippen molar-refractivity contribution < 1.29 is 0 Å². The van der Waals surface area contributed by atoms with Gasteiger partial charge in [0.15, 0.2) is 0 Å². The van der Waals surface area contributed by atoms with E-state index in [1.54, 1.807) is 5.57 Å². The molecule has 3 heteroatoms. The van der Waals surface area contributed by atoms with Crippen LogP contribution >= 0.6 is 0 Å². The van der Waals surface area contributed by atoms with Crippen molar-refractivity contribution in [3.05, 3.63) is 198 Å². The van der Waals surface area contributed by atoms with Gasteiger partial charge in [-0.2, -0.15) is 0 Å². The molecule has 4 aliphatic carbocycles. The summed E-state index contributed by atoms with van der Waals surface area (Å²) >= 11 is 0. The zero-order valence-corrected chi connectivity index (χ0v) is 29.3. The minimum absolute atomic E-state index is 0.238. The number of nitrogens with zero attached hydrogens (tertiary/aromatic N) is 3. The van der Waals surface area contributed by atoms with Crippen LogP contribution < -0.4 is 14.7 Å². The maximum Gasteiger partial charge on any atom is 0.0629 e. The van der Waals surface area contributed by atoms with E-state index in [0.29, 0.717) is 23.7 Å². The van der Waals surface area contributed by atoms with Gasteiger partial charge in [-0.15, -0.1) is 0 Å². The van der Waals surface area contributed by atoms with Gasteiger partial charge in [-0.25, -0.2) is 0 Å². The van der Waals surface area contributed by atoms with Crippen molar-refractivity contribution in [2.75, 3.05) is 14.7 Å². The largest absolute Gasteiger partial charge is 0.334 e. The molecule has 0 bridgehead atoms. The lowest BCUT2D eigenvalue weighted by Crippen LogP contribution is -2.33. The molecule has 0 spiro atoms. The molecule has 7 unspecified atom stereocenters. The first kappa shape index (κ1) is 29.9. The number of fused-ring (bicyclic) bond motifs is 8. The summed E-state index contributed by atoms with van der Waals surface area (Å²) in [6.07, 6.45) is 33.5. The summed E-state index contributed by atoms with van der Waals surface area (Å²) in [6.45, 7) is 2.40. The Hall–Kier alpha value is -5.80. The summed E-state index contributed by atoms with van der Waals surface area (Å²) in [5.41, 5.74) is 14.5. The van der Waals surface area contributed by atoms with Crippen molar-refractivity contribution in [3.8, 4) is 11.1 Å². The third-order valence-corrected chi connectivity index (χ3v) is 12.5. The number of anilines is 5. The molecule has 0 fully saturated rings. The minimum Gasteiger partial charge on any atom is -0.334 e. The summed E-state index contributed by atoms with van der Waals surface area (Å²) in [7, 11) is 0. The highest BCUT2D eigenvalue weighted by molar-refractivity contribution is 5.84. The SMILES string of the molecule is CC1CC=CC2=C1C1C=CC=CC1N2c1cc(-c2ccc(N3c4ccccc4C4C=CC=CC43)cc2)cc(N2c3ccccc3C3C=CC=CC32)c1. The zero-order chi connectivity index (χ0) is 34.3. The van der Waals surface area contributed by atoms with E-state index in [0.717, 1.165) is 6.42 Å². The lowest BCUT2D eigenvalue weighted by atomic mass is 9.81. The standard InChI is InChI=1S/C49H41N3/c1-32-13-12-24-48-49(32)42-18-6-11-23-47(42)52(48)37-30-34(29-36(31-37)51-45-21-9-4-16-40(45)41-17-5-10-22-46(41)51)33-25-27-35(28-26-33)50-43-19-7-2-14-38(43)39-15-3-8-20-44(39)50/h2-12,14-32,38,40,42-43,45,47H,13H2,1H3. The van der Waals surface area contributed by atoms with E-state index < -0.39 is 0 Å². The van der Waals surface area contributed by atoms with Gasteiger partial charge in [0.25, 0.3) is 0 Å². The highest BCUT2D eigenvalue weighted by atomic mass is 15.2. The van der Waals surface area contributed by atoms with Crippen LogP contribution in [0, 0.1) is 11.8 Å². The van der Waals surface area contributed by atoms with Crippen LogP contribution in [0.2, 0.25) is 0 Å². The molecule has 252 valence electrons. The van der Waals surface area contributed by atoms with Crippen molar-refractivity contribution in [2.24, 2.45) is 11.8 Å². The van der Waals surface area contributed by atoms with Crippen molar-refractivity contribution in [2.45, 2.75) is 43.3 Å². The number of hydrogen-bond acceptors (Lipinski definition) is 3. The smallest absolute Gasteiger partial charge is 0.0629 e. The second-order valence-corrected chi connectivity index (χ2v) is 15.3. The average molecular weight is 672 g/mol. The van der Waals surface area contributed by atoms with Crippen molar-refractivity contribution >= 4 is 28.4 Å². The molecule has 3 aliphatic heterocycles. The summed E-state index contributed by atoms with van der Waals surface area (Å²) in [4.78, 5) is 7.74. The fraction of sp³-hybridized carbons (Fsp3) is 0.184. The van der Waals surface area contributed by atoms with Crippen LogP contribution in [0.25, 0.3) is 11.1 Å². The molecule has 0 aromatic heterocycles. The number of para-hydroxylation sites is 2. The molecule has 4 aromatic carbocycles. The molecule has 0 amide bonds.